The number of sulfonamides is 1. The molecular formula is C44H57N5O9S. The summed E-state index contributed by atoms with van der Waals surface area (Å²) in [7, 11) is -2.47. The van der Waals surface area contributed by atoms with Gasteiger partial charge in [-0.05, 0) is 64.5 Å². The quantitative estimate of drug-likeness (QED) is 0.144. The van der Waals surface area contributed by atoms with E-state index in [1.807, 2.05) is 49.4 Å². The maximum atomic E-state index is 14.6. The highest BCUT2D eigenvalue weighted by molar-refractivity contribution is 7.91. The van der Waals surface area contributed by atoms with Gasteiger partial charge in [-0.25, -0.2) is 18.2 Å². The summed E-state index contributed by atoms with van der Waals surface area (Å²) in [6, 6.07) is 14.6. The Bertz CT molecular complexity index is 2200. The van der Waals surface area contributed by atoms with E-state index in [0.29, 0.717) is 53.8 Å². The summed E-state index contributed by atoms with van der Waals surface area (Å²) in [6.07, 6.45) is 3.04. The number of carbonyl (C=O) groups excluding carboxylic acids is 4. The van der Waals surface area contributed by atoms with Gasteiger partial charge in [0, 0.05) is 35.4 Å². The number of alkyl carbamates (subject to hydrolysis) is 1. The van der Waals surface area contributed by atoms with Crippen LogP contribution in [0.15, 0.2) is 67.3 Å². The van der Waals surface area contributed by atoms with E-state index in [9.17, 15) is 27.6 Å². The van der Waals surface area contributed by atoms with Crippen molar-refractivity contribution < 1.29 is 41.8 Å². The molecule has 3 aliphatic rings. The Morgan fingerprint density at radius 2 is 1.78 bits per heavy atom. The van der Waals surface area contributed by atoms with Crippen molar-refractivity contribution in [3.63, 3.8) is 0 Å². The maximum absolute atomic E-state index is 14.6. The van der Waals surface area contributed by atoms with Crippen LogP contribution >= 0.6 is 0 Å². The second-order valence-electron chi connectivity index (χ2n) is 17.3. The fourth-order valence-electron chi connectivity index (χ4n) is 7.79. The first-order chi connectivity index (χ1) is 27.9. The Morgan fingerprint density at radius 3 is 2.37 bits per heavy atom. The lowest BCUT2D eigenvalue weighted by molar-refractivity contribution is -0.141. The van der Waals surface area contributed by atoms with Gasteiger partial charge >= 0.3 is 6.09 Å². The number of benzene rings is 2. The van der Waals surface area contributed by atoms with Crippen LogP contribution in [-0.2, 0) is 29.1 Å². The molecule has 3 fully saturated rings. The molecule has 6 rings (SSSR count). The third-order valence-corrected chi connectivity index (χ3v) is 13.6. The molecule has 0 unspecified atom stereocenters. The van der Waals surface area contributed by atoms with E-state index in [2.05, 4.69) is 21.9 Å². The standard InChI is InChI=1S/C44H57N5O9S/c1-9-11-19-43(20-21-43)59(54,55)48-40(52)44(25-29(44)10-2)47-38(50)35-23-31(26-49(35)39(51)37(27(3)4)46-41(53)58-42(5,6)7)57-36-24-33(28-15-13-12-14-16-28)45-34-22-30(56-8)17-18-32(34)36/h10,12-18,22,24,27,29,31,35,37H,2,9,11,19-21,23,25-26H2,1,3-8H3,(H,46,53)(H,47,50)(H,48,52)/t29-,31+,35-,37-,44+/m0/s1. The maximum Gasteiger partial charge on any atom is 0.408 e. The fourth-order valence-corrected chi connectivity index (χ4v) is 9.48. The van der Waals surface area contributed by atoms with Crippen LogP contribution in [0.1, 0.15) is 86.5 Å². The number of ether oxygens (including phenoxy) is 3. The second-order valence-corrected chi connectivity index (χ2v) is 19.4. The van der Waals surface area contributed by atoms with E-state index in [1.54, 1.807) is 53.9 Å². The van der Waals surface area contributed by atoms with Crippen molar-refractivity contribution in [1.82, 2.24) is 25.2 Å². The van der Waals surface area contributed by atoms with Gasteiger partial charge in [-0.1, -0.05) is 70.0 Å². The minimum absolute atomic E-state index is 0.0182. The third-order valence-electron chi connectivity index (χ3n) is 11.4. The molecule has 1 saturated heterocycles. The lowest BCUT2D eigenvalue weighted by Crippen LogP contribution is -2.59. The lowest BCUT2D eigenvalue weighted by atomic mass is 10.0. The molecule has 14 nitrogen and oxygen atoms in total. The number of pyridine rings is 1. The smallest absolute Gasteiger partial charge is 0.408 e. The number of aromatic nitrogens is 1. The second kappa shape index (κ2) is 16.8. The highest BCUT2D eigenvalue weighted by Crippen LogP contribution is 2.49. The van der Waals surface area contributed by atoms with Gasteiger partial charge < -0.3 is 29.7 Å². The molecule has 15 heteroatoms. The molecule has 5 atom stereocenters. The van der Waals surface area contributed by atoms with E-state index < -0.39 is 79.7 Å². The predicted molar refractivity (Wildman–Crippen MR) is 224 cm³/mol. The number of hydrogen-bond donors (Lipinski definition) is 3. The first kappa shape index (κ1) is 43.4. The normalized spacial score (nSPS) is 22.6. The Hall–Kier alpha value is -5.18. The van der Waals surface area contributed by atoms with Crippen molar-refractivity contribution in [1.29, 1.82) is 0 Å². The summed E-state index contributed by atoms with van der Waals surface area (Å²) in [5.74, 6) is -1.93. The zero-order valence-corrected chi connectivity index (χ0v) is 35.8. The Labute approximate surface area is 346 Å². The molecule has 3 N–H and O–H groups in total. The average Bonchev–Trinajstić information content (AvgIpc) is 4.09. The monoisotopic (exact) mass is 831 g/mol. The molecule has 0 bridgehead atoms. The van der Waals surface area contributed by atoms with Crippen LogP contribution in [0.3, 0.4) is 0 Å². The van der Waals surface area contributed by atoms with E-state index in [1.165, 1.54) is 11.0 Å². The van der Waals surface area contributed by atoms with Crippen LogP contribution in [0.2, 0.25) is 0 Å². The predicted octanol–water partition coefficient (Wildman–Crippen LogP) is 6.04. The Morgan fingerprint density at radius 1 is 1.07 bits per heavy atom. The molecule has 2 aromatic carbocycles. The molecular weight excluding hydrogens is 775 g/mol. The molecule has 1 aromatic heterocycles. The number of rotatable bonds is 16. The minimum atomic E-state index is -4.04. The molecule has 4 amide bonds. The summed E-state index contributed by atoms with van der Waals surface area (Å²) >= 11 is 0. The molecule has 2 aliphatic carbocycles. The van der Waals surface area contributed by atoms with Gasteiger partial charge in [0.15, 0.2) is 0 Å². The number of fused-ring (bicyclic) bond motifs is 1. The third kappa shape index (κ3) is 9.35. The van der Waals surface area contributed by atoms with Gasteiger partial charge in [0.05, 0.1) is 29.6 Å². The van der Waals surface area contributed by atoms with Gasteiger partial charge in [0.2, 0.25) is 21.8 Å². The van der Waals surface area contributed by atoms with E-state index in [4.69, 9.17) is 19.2 Å². The van der Waals surface area contributed by atoms with Crippen LogP contribution in [0.4, 0.5) is 4.79 Å². The molecule has 2 saturated carbocycles. The molecule has 318 valence electrons. The van der Waals surface area contributed by atoms with E-state index >= 15 is 0 Å². The number of unbranched alkanes of at least 4 members (excludes halogenated alkanes) is 1. The first-order valence-corrected chi connectivity index (χ1v) is 21.9. The zero-order chi connectivity index (χ0) is 42.9. The van der Waals surface area contributed by atoms with Crippen LogP contribution in [-0.4, -0.2) is 89.8 Å². The summed E-state index contributed by atoms with van der Waals surface area (Å²) in [4.78, 5) is 62.3. The fraction of sp³-hybridized carbons (Fsp3) is 0.523. The Balaban J connectivity index is 1.32. The highest BCUT2D eigenvalue weighted by atomic mass is 32.2. The van der Waals surface area contributed by atoms with Crippen molar-refractivity contribution in [2.45, 2.75) is 121 Å². The highest BCUT2D eigenvalue weighted by Gasteiger charge is 2.63. The van der Waals surface area contributed by atoms with Crippen molar-refractivity contribution >= 4 is 44.7 Å². The van der Waals surface area contributed by atoms with Gasteiger partial charge in [0.25, 0.3) is 5.91 Å². The van der Waals surface area contributed by atoms with Crippen LogP contribution < -0.4 is 24.8 Å². The van der Waals surface area contributed by atoms with Crippen molar-refractivity contribution in [3.8, 4) is 22.8 Å². The van der Waals surface area contributed by atoms with Crippen LogP contribution in [0.25, 0.3) is 22.2 Å². The van der Waals surface area contributed by atoms with Crippen LogP contribution in [0, 0.1) is 11.8 Å². The number of hydrogen-bond acceptors (Lipinski definition) is 10. The number of nitrogens with zero attached hydrogens (tertiary/aromatic N) is 2. The van der Waals surface area contributed by atoms with Crippen LogP contribution in [0.5, 0.6) is 11.5 Å². The number of amides is 4. The van der Waals surface area contributed by atoms with E-state index in [-0.39, 0.29) is 19.4 Å². The molecule has 59 heavy (non-hydrogen) atoms. The number of likely N-dealkylation sites (tertiary alicyclic amines) is 1. The first-order valence-electron chi connectivity index (χ1n) is 20.4. The van der Waals surface area contributed by atoms with Gasteiger partial charge in [-0.2, -0.15) is 0 Å². The molecule has 1 aliphatic heterocycles. The van der Waals surface area contributed by atoms with Gasteiger partial charge in [-0.15, -0.1) is 6.58 Å². The molecule has 0 spiro atoms. The van der Waals surface area contributed by atoms with E-state index in [0.717, 1.165) is 12.0 Å². The summed E-state index contributed by atoms with van der Waals surface area (Å²) < 4.78 is 46.1. The molecule has 0 radical (unpaired) electrons. The minimum Gasteiger partial charge on any atom is -0.497 e. The van der Waals surface area contributed by atoms with Crippen molar-refractivity contribution in [3.05, 3.63) is 67.3 Å². The number of methoxy groups -OCH3 is 1. The summed E-state index contributed by atoms with van der Waals surface area (Å²) in [6.45, 7) is 14.4. The largest absolute Gasteiger partial charge is 0.497 e. The zero-order valence-electron chi connectivity index (χ0n) is 35.0. The lowest BCUT2D eigenvalue weighted by Gasteiger charge is -2.31. The van der Waals surface area contributed by atoms with Gasteiger partial charge in [0.1, 0.15) is 40.8 Å². The SMILES string of the molecule is C=C[C@H]1C[C@]1(NC(=O)[C@@H]1C[C@@H](Oc2cc(-c3ccccc3)nc3cc(OC)ccc23)CN1C(=O)[C@@H](NC(=O)OC(C)(C)C)C(C)C)C(=O)NS(=O)(=O)C1(CCCC)CC1. The summed E-state index contributed by atoms with van der Waals surface area (Å²) in [5, 5.41) is 6.24. The topological polar surface area (TPSA) is 182 Å². The number of carbonyl (C=O) groups is 4. The van der Waals surface area contributed by atoms with Crippen molar-refractivity contribution in [2.75, 3.05) is 13.7 Å². The molecule has 3 aromatic rings. The van der Waals surface area contributed by atoms with Crippen molar-refractivity contribution in [2.24, 2.45) is 11.8 Å². The molecule has 2 heterocycles. The summed E-state index contributed by atoms with van der Waals surface area (Å²) in [5.41, 5.74) is -0.323. The number of nitrogens with one attached hydrogen (secondary N) is 3. The average molecular weight is 832 g/mol. The Kier molecular flexibility index (Phi) is 12.4. The van der Waals surface area contributed by atoms with Gasteiger partial charge in [-0.3, -0.25) is 19.1 Å².